The number of benzene rings is 1. The van der Waals surface area contributed by atoms with Gasteiger partial charge in [0.05, 0.1) is 0 Å². The standard InChI is InChI=1S/C20H30/c1-10-18(14(2)3)15-11-16(19(4,5)6)13-17(12-15)20(7,8)9/h10-13H,1H2,2-9H3. The van der Waals surface area contributed by atoms with Crippen LogP contribution in [0.4, 0.5) is 0 Å². The summed E-state index contributed by atoms with van der Waals surface area (Å²) in [5, 5.41) is 0. The normalized spacial score (nSPS) is 12.2. The molecule has 0 aliphatic carbocycles. The molecule has 0 saturated carbocycles. The van der Waals surface area contributed by atoms with Crippen LogP contribution in [0.1, 0.15) is 72.1 Å². The van der Waals surface area contributed by atoms with Crippen molar-refractivity contribution in [3.8, 4) is 0 Å². The number of hydrogen-bond donors (Lipinski definition) is 0. The molecule has 0 bridgehead atoms. The van der Waals surface area contributed by atoms with Crippen molar-refractivity contribution in [1.82, 2.24) is 0 Å². The Morgan fingerprint density at radius 3 is 1.50 bits per heavy atom. The summed E-state index contributed by atoms with van der Waals surface area (Å²) in [6.07, 6.45) is 1.98. The summed E-state index contributed by atoms with van der Waals surface area (Å²) in [6, 6.07) is 6.99. The fraction of sp³-hybridized carbons (Fsp3) is 0.500. The Kier molecular flexibility index (Phi) is 4.69. The lowest BCUT2D eigenvalue weighted by Gasteiger charge is -2.26. The predicted octanol–water partition coefficient (Wildman–Crippen LogP) is 6.26. The van der Waals surface area contributed by atoms with Crippen LogP contribution in [-0.2, 0) is 10.8 Å². The number of rotatable bonds is 2. The van der Waals surface area contributed by atoms with Crippen LogP contribution in [0.5, 0.6) is 0 Å². The summed E-state index contributed by atoms with van der Waals surface area (Å²) in [5.41, 5.74) is 6.94. The number of hydrogen-bond acceptors (Lipinski definition) is 0. The molecule has 0 N–H and O–H groups in total. The third-order valence-corrected chi connectivity index (χ3v) is 3.72. The molecule has 0 heterocycles. The Labute approximate surface area is 125 Å². The van der Waals surface area contributed by atoms with Crippen LogP contribution < -0.4 is 0 Å². The van der Waals surface area contributed by atoms with E-state index >= 15 is 0 Å². The second-order valence-corrected chi connectivity index (χ2v) is 7.92. The lowest BCUT2D eigenvalue weighted by atomic mass is 9.78. The van der Waals surface area contributed by atoms with E-state index in [1.165, 1.54) is 27.8 Å². The van der Waals surface area contributed by atoms with Crippen LogP contribution >= 0.6 is 0 Å². The maximum absolute atomic E-state index is 3.98. The van der Waals surface area contributed by atoms with Crippen molar-refractivity contribution in [2.45, 2.75) is 66.2 Å². The fourth-order valence-corrected chi connectivity index (χ4v) is 2.26. The van der Waals surface area contributed by atoms with Crippen molar-refractivity contribution in [3.05, 3.63) is 53.1 Å². The Balaban J connectivity index is 3.63. The maximum atomic E-state index is 3.98. The minimum absolute atomic E-state index is 0.157. The Hall–Kier alpha value is -1.30. The molecule has 110 valence electrons. The van der Waals surface area contributed by atoms with Gasteiger partial charge in [0.1, 0.15) is 0 Å². The summed E-state index contributed by atoms with van der Waals surface area (Å²) >= 11 is 0. The summed E-state index contributed by atoms with van der Waals surface area (Å²) in [6.45, 7) is 21.9. The first kappa shape index (κ1) is 16.8. The third kappa shape index (κ3) is 3.85. The largest absolute Gasteiger partial charge is 0.0985 e. The van der Waals surface area contributed by atoms with Crippen LogP contribution in [0.15, 0.2) is 36.4 Å². The highest BCUT2D eigenvalue weighted by Gasteiger charge is 2.21. The van der Waals surface area contributed by atoms with Gasteiger partial charge < -0.3 is 0 Å². The molecule has 0 heteroatoms. The first-order valence-electron chi connectivity index (χ1n) is 7.43. The summed E-state index contributed by atoms with van der Waals surface area (Å²) in [4.78, 5) is 0. The second-order valence-electron chi connectivity index (χ2n) is 7.92. The van der Waals surface area contributed by atoms with E-state index in [0.29, 0.717) is 0 Å². The highest BCUT2D eigenvalue weighted by atomic mass is 14.3. The summed E-state index contributed by atoms with van der Waals surface area (Å²) in [5.74, 6) is 0. The lowest BCUT2D eigenvalue weighted by molar-refractivity contribution is 0.568. The first-order chi connectivity index (χ1) is 8.96. The van der Waals surface area contributed by atoms with E-state index in [9.17, 15) is 0 Å². The quantitative estimate of drug-likeness (QED) is 0.556. The van der Waals surface area contributed by atoms with E-state index < -0.39 is 0 Å². The van der Waals surface area contributed by atoms with Gasteiger partial charge in [-0.05, 0) is 46.9 Å². The van der Waals surface area contributed by atoms with Gasteiger partial charge in [0.25, 0.3) is 0 Å². The maximum Gasteiger partial charge on any atom is -0.0132 e. The van der Waals surface area contributed by atoms with E-state index in [0.717, 1.165) is 0 Å². The van der Waals surface area contributed by atoms with E-state index in [1.54, 1.807) is 0 Å². The van der Waals surface area contributed by atoms with Crippen LogP contribution in [-0.4, -0.2) is 0 Å². The smallest absolute Gasteiger partial charge is 0.0132 e. The SMILES string of the molecule is C=CC(=C(C)C)c1cc(C(C)(C)C)cc(C(C)(C)C)c1. The van der Waals surface area contributed by atoms with E-state index in [-0.39, 0.29) is 10.8 Å². The zero-order valence-electron chi connectivity index (χ0n) is 14.5. The third-order valence-electron chi connectivity index (χ3n) is 3.72. The Morgan fingerprint density at radius 1 is 0.850 bits per heavy atom. The number of allylic oxidation sites excluding steroid dienone is 3. The molecule has 0 amide bonds. The van der Waals surface area contributed by atoms with Crippen LogP contribution in [0.3, 0.4) is 0 Å². The average Bonchev–Trinajstić information content (AvgIpc) is 2.26. The minimum atomic E-state index is 0.157. The highest BCUT2D eigenvalue weighted by molar-refractivity contribution is 5.76. The summed E-state index contributed by atoms with van der Waals surface area (Å²) in [7, 11) is 0. The zero-order valence-corrected chi connectivity index (χ0v) is 14.5. The molecule has 0 nitrogen and oxygen atoms in total. The lowest BCUT2D eigenvalue weighted by Crippen LogP contribution is -2.17. The van der Waals surface area contributed by atoms with Gasteiger partial charge in [-0.15, -0.1) is 0 Å². The molecule has 0 unspecified atom stereocenters. The summed E-state index contributed by atoms with van der Waals surface area (Å²) < 4.78 is 0. The zero-order chi connectivity index (χ0) is 15.7. The second kappa shape index (κ2) is 5.60. The van der Waals surface area contributed by atoms with Gasteiger partial charge >= 0.3 is 0 Å². The molecule has 0 saturated heterocycles. The molecular formula is C20H30. The average molecular weight is 270 g/mol. The van der Waals surface area contributed by atoms with Gasteiger partial charge in [-0.3, -0.25) is 0 Å². The highest BCUT2D eigenvalue weighted by Crippen LogP contribution is 2.33. The van der Waals surface area contributed by atoms with Crippen molar-refractivity contribution in [3.63, 3.8) is 0 Å². The van der Waals surface area contributed by atoms with E-state index in [4.69, 9.17) is 0 Å². The Morgan fingerprint density at radius 2 is 1.25 bits per heavy atom. The van der Waals surface area contributed by atoms with Crippen molar-refractivity contribution in [2.75, 3.05) is 0 Å². The Bertz CT molecular complexity index is 492. The van der Waals surface area contributed by atoms with Crippen LogP contribution in [0.2, 0.25) is 0 Å². The minimum Gasteiger partial charge on any atom is -0.0985 e. The van der Waals surface area contributed by atoms with Gasteiger partial charge in [-0.1, -0.05) is 78.0 Å². The van der Waals surface area contributed by atoms with Gasteiger partial charge in [0.2, 0.25) is 0 Å². The van der Waals surface area contributed by atoms with Gasteiger partial charge in [0, 0.05) is 0 Å². The van der Waals surface area contributed by atoms with Crippen molar-refractivity contribution < 1.29 is 0 Å². The molecule has 0 fully saturated rings. The predicted molar refractivity (Wildman–Crippen MR) is 92.3 cm³/mol. The van der Waals surface area contributed by atoms with Crippen LogP contribution in [0, 0.1) is 0 Å². The van der Waals surface area contributed by atoms with Gasteiger partial charge in [0.15, 0.2) is 0 Å². The molecule has 0 aliphatic rings. The first-order valence-corrected chi connectivity index (χ1v) is 7.43. The molecule has 1 aromatic rings. The molecule has 0 aromatic heterocycles. The molecule has 1 aromatic carbocycles. The van der Waals surface area contributed by atoms with E-state index in [2.05, 4.69) is 80.2 Å². The van der Waals surface area contributed by atoms with Crippen LogP contribution in [0.25, 0.3) is 5.57 Å². The van der Waals surface area contributed by atoms with Crippen molar-refractivity contribution in [2.24, 2.45) is 0 Å². The molecule has 0 aliphatic heterocycles. The van der Waals surface area contributed by atoms with Crippen molar-refractivity contribution >= 4 is 5.57 Å². The monoisotopic (exact) mass is 270 g/mol. The molecule has 1 rings (SSSR count). The molecule has 0 spiro atoms. The van der Waals surface area contributed by atoms with Gasteiger partial charge in [-0.2, -0.15) is 0 Å². The van der Waals surface area contributed by atoms with Gasteiger partial charge in [-0.25, -0.2) is 0 Å². The molecule has 0 atom stereocenters. The van der Waals surface area contributed by atoms with Crippen molar-refractivity contribution in [1.29, 1.82) is 0 Å². The molecule has 20 heavy (non-hydrogen) atoms. The topological polar surface area (TPSA) is 0 Å². The fourth-order valence-electron chi connectivity index (χ4n) is 2.26. The molecule has 0 radical (unpaired) electrons. The van der Waals surface area contributed by atoms with E-state index in [1.807, 2.05) is 6.08 Å². The molecular weight excluding hydrogens is 240 g/mol.